The van der Waals surface area contributed by atoms with Gasteiger partial charge in [-0.15, -0.1) is 6.58 Å². The van der Waals surface area contributed by atoms with Gasteiger partial charge in [0.15, 0.2) is 11.6 Å². The van der Waals surface area contributed by atoms with Gasteiger partial charge in [0.25, 0.3) is 0 Å². The van der Waals surface area contributed by atoms with Crippen molar-refractivity contribution >= 4 is 5.78 Å². The molecule has 1 heterocycles. The summed E-state index contributed by atoms with van der Waals surface area (Å²) in [6.45, 7) is 5.61. The first-order valence-corrected chi connectivity index (χ1v) is 3.73. The maximum atomic E-state index is 11.2. The fourth-order valence-corrected chi connectivity index (χ4v) is 0.785. The van der Waals surface area contributed by atoms with E-state index in [9.17, 15) is 4.79 Å². The van der Waals surface area contributed by atoms with Crippen LogP contribution in [0.1, 0.15) is 30.4 Å². The topological polar surface area (TPSA) is 58.6 Å². The molecule has 1 rings (SSSR count). The monoisotopic (exact) mass is 165 g/mol. The first kappa shape index (κ1) is 8.64. The lowest BCUT2D eigenvalue weighted by molar-refractivity contribution is 0.0973. The largest absolute Gasteiger partial charge is 0.291 e. The van der Waals surface area contributed by atoms with Gasteiger partial charge in [0.1, 0.15) is 6.33 Å². The Kier molecular flexibility index (Phi) is 2.74. The Morgan fingerprint density at radius 2 is 2.42 bits per heavy atom. The Balaban J connectivity index is 2.45. The summed E-state index contributed by atoms with van der Waals surface area (Å²) >= 11 is 0. The molecule has 0 bridgehead atoms. The number of carbonyl (C=O) groups excluding carboxylic acids is 1. The van der Waals surface area contributed by atoms with Crippen molar-refractivity contribution in [1.29, 1.82) is 0 Å². The van der Waals surface area contributed by atoms with Crippen LogP contribution in [0.4, 0.5) is 0 Å². The molecule has 64 valence electrons. The number of rotatable bonds is 4. The molecule has 0 aliphatic rings. The first-order chi connectivity index (χ1) is 5.70. The van der Waals surface area contributed by atoms with Crippen LogP contribution in [-0.2, 0) is 0 Å². The van der Waals surface area contributed by atoms with Gasteiger partial charge in [-0.25, -0.2) is 4.98 Å². The third kappa shape index (κ3) is 2.30. The second-order valence-electron chi connectivity index (χ2n) is 2.71. The highest BCUT2D eigenvalue weighted by molar-refractivity contribution is 5.92. The molecule has 0 amide bonds. The second kappa shape index (κ2) is 3.80. The molecule has 0 radical (unpaired) electrons. The Morgan fingerprint density at radius 1 is 1.67 bits per heavy atom. The molecular weight excluding hydrogens is 154 g/mol. The Hall–Kier alpha value is -1.45. The predicted octanol–water partition coefficient (Wildman–Crippen LogP) is 1.34. The third-order valence-corrected chi connectivity index (χ3v) is 1.46. The zero-order valence-corrected chi connectivity index (χ0v) is 7.00. The molecule has 4 heteroatoms. The highest BCUT2D eigenvalue weighted by atomic mass is 16.1. The van der Waals surface area contributed by atoms with Crippen molar-refractivity contribution in [3.05, 3.63) is 24.3 Å². The molecular formula is C8H11N3O. The van der Waals surface area contributed by atoms with E-state index in [4.69, 9.17) is 0 Å². The summed E-state index contributed by atoms with van der Waals surface area (Å²) in [4.78, 5) is 15.0. The van der Waals surface area contributed by atoms with Gasteiger partial charge in [-0.2, -0.15) is 5.10 Å². The summed E-state index contributed by atoms with van der Waals surface area (Å²) in [5.74, 6) is 0.312. The van der Waals surface area contributed by atoms with E-state index < -0.39 is 0 Å². The smallest absolute Gasteiger partial charge is 0.199 e. The third-order valence-electron chi connectivity index (χ3n) is 1.46. The Bertz CT molecular complexity index is 277. The summed E-state index contributed by atoms with van der Waals surface area (Å²) in [5, 5.41) is 6.11. The molecule has 0 atom stereocenters. The van der Waals surface area contributed by atoms with Crippen LogP contribution >= 0.6 is 0 Å². The number of nitrogens with one attached hydrogen (secondary N) is 1. The van der Waals surface area contributed by atoms with Gasteiger partial charge in [-0.05, 0) is 13.3 Å². The van der Waals surface area contributed by atoms with Crippen LogP contribution in [0.15, 0.2) is 18.5 Å². The molecule has 0 saturated carbocycles. The fourth-order valence-electron chi connectivity index (χ4n) is 0.785. The van der Waals surface area contributed by atoms with E-state index in [1.807, 2.05) is 6.92 Å². The van der Waals surface area contributed by atoms with Gasteiger partial charge in [0, 0.05) is 6.42 Å². The van der Waals surface area contributed by atoms with Crippen molar-refractivity contribution in [2.75, 3.05) is 0 Å². The number of allylic oxidation sites excluding steroid dienone is 1. The van der Waals surface area contributed by atoms with E-state index in [2.05, 4.69) is 21.8 Å². The molecule has 12 heavy (non-hydrogen) atoms. The summed E-state index contributed by atoms with van der Waals surface area (Å²) in [6.07, 6.45) is 2.48. The minimum absolute atomic E-state index is 0.0181. The standard InChI is InChI=1S/C8H11N3O/c1-6(2)3-4-7(12)8-9-5-10-11-8/h5H,1,3-4H2,2H3,(H,9,10,11). The molecule has 0 spiro atoms. The molecule has 1 aromatic heterocycles. The van der Waals surface area contributed by atoms with Crippen LogP contribution < -0.4 is 0 Å². The molecule has 1 N–H and O–H groups in total. The van der Waals surface area contributed by atoms with Crippen molar-refractivity contribution in [3.8, 4) is 0 Å². The van der Waals surface area contributed by atoms with E-state index >= 15 is 0 Å². The van der Waals surface area contributed by atoms with Crippen molar-refractivity contribution < 1.29 is 4.79 Å². The molecule has 0 fully saturated rings. The van der Waals surface area contributed by atoms with Crippen LogP contribution in [0.2, 0.25) is 0 Å². The fraction of sp³-hybridized carbons (Fsp3) is 0.375. The number of hydrogen-bond acceptors (Lipinski definition) is 3. The maximum absolute atomic E-state index is 11.2. The maximum Gasteiger partial charge on any atom is 0.199 e. The lowest BCUT2D eigenvalue weighted by Gasteiger charge is -1.95. The van der Waals surface area contributed by atoms with E-state index in [-0.39, 0.29) is 5.78 Å². The van der Waals surface area contributed by atoms with Crippen molar-refractivity contribution in [3.63, 3.8) is 0 Å². The van der Waals surface area contributed by atoms with Gasteiger partial charge in [0.2, 0.25) is 0 Å². The van der Waals surface area contributed by atoms with Crippen LogP contribution in [0, 0.1) is 0 Å². The number of aromatic nitrogens is 3. The van der Waals surface area contributed by atoms with Gasteiger partial charge in [-0.1, -0.05) is 5.57 Å². The van der Waals surface area contributed by atoms with Crippen LogP contribution in [-0.4, -0.2) is 21.0 Å². The quantitative estimate of drug-likeness (QED) is 0.541. The molecule has 0 aromatic carbocycles. The molecule has 0 saturated heterocycles. The van der Waals surface area contributed by atoms with Gasteiger partial charge in [-0.3, -0.25) is 9.89 Å². The lowest BCUT2D eigenvalue weighted by atomic mass is 10.1. The normalized spacial score (nSPS) is 9.75. The molecule has 4 nitrogen and oxygen atoms in total. The number of aromatic amines is 1. The summed E-state index contributed by atoms with van der Waals surface area (Å²) < 4.78 is 0. The highest BCUT2D eigenvalue weighted by Crippen LogP contribution is 2.04. The minimum Gasteiger partial charge on any atom is -0.291 e. The number of hydrogen-bond donors (Lipinski definition) is 1. The molecule has 1 aromatic rings. The van der Waals surface area contributed by atoms with Crippen LogP contribution in [0.5, 0.6) is 0 Å². The highest BCUT2D eigenvalue weighted by Gasteiger charge is 2.07. The van der Waals surface area contributed by atoms with Gasteiger partial charge >= 0.3 is 0 Å². The van der Waals surface area contributed by atoms with Crippen molar-refractivity contribution in [1.82, 2.24) is 15.2 Å². The summed E-state index contributed by atoms with van der Waals surface area (Å²) in [5.41, 5.74) is 1.00. The zero-order valence-electron chi connectivity index (χ0n) is 7.00. The van der Waals surface area contributed by atoms with E-state index in [0.717, 1.165) is 5.57 Å². The van der Waals surface area contributed by atoms with Crippen molar-refractivity contribution in [2.45, 2.75) is 19.8 Å². The SMILES string of the molecule is C=C(C)CCC(=O)c1ncn[nH]1. The number of Topliss-reactive ketones (excluding diaryl/α,β-unsaturated/α-hetero) is 1. The number of ketones is 1. The van der Waals surface area contributed by atoms with E-state index in [0.29, 0.717) is 18.7 Å². The van der Waals surface area contributed by atoms with Gasteiger partial charge in [0.05, 0.1) is 0 Å². The average Bonchev–Trinajstić information content (AvgIpc) is 2.51. The van der Waals surface area contributed by atoms with Crippen LogP contribution in [0.3, 0.4) is 0 Å². The van der Waals surface area contributed by atoms with Crippen molar-refractivity contribution in [2.24, 2.45) is 0 Å². The zero-order chi connectivity index (χ0) is 8.97. The summed E-state index contributed by atoms with van der Waals surface area (Å²) in [7, 11) is 0. The Morgan fingerprint density at radius 3 is 2.92 bits per heavy atom. The van der Waals surface area contributed by atoms with E-state index in [1.54, 1.807) is 0 Å². The van der Waals surface area contributed by atoms with Gasteiger partial charge < -0.3 is 0 Å². The first-order valence-electron chi connectivity index (χ1n) is 3.73. The molecule has 0 unspecified atom stereocenters. The minimum atomic E-state index is -0.0181. The number of H-pyrrole nitrogens is 1. The predicted molar refractivity (Wildman–Crippen MR) is 44.8 cm³/mol. The average molecular weight is 165 g/mol. The van der Waals surface area contributed by atoms with E-state index in [1.165, 1.54) is 6.33 Å². The number of nitrogens with zero attached hydrogens (tertiary/aromatic N) is 2. The molecule has 0 aliphatic heterocycles. The Labute approximate surface area is 70.7 Å². The van der Waals surface area contributed by atoms with Crippen LogP contribution in [0.25, 0.3) is 0 Å². The molecule has 0 aliphatic carbocycles. The lowest BCUT2D eigenvalue weighted by Crippen LogP contribution is -2.01. The number of carbonyl (C=O) groups is 1. The summed E-state index contributed by atoms with van der Waals surface area (Å²) in [6, 6.07) is 0. The second-order valence-corrected chi connectivity index (χ2v) is 2.71.